The standard InChI is InChI=1S/C14H27O2/c1-6-7-8-9-13(15)16-11-14(4,5)10-12(2)3/h6-11H2,1-5H3. The highest BCUT2D eigenvalue weighted by Gasteiger charge is 2.21. The van der Waals surface area contributed by atoms with Gasteiger partial charge < -0.3 is 4.74 Å². The number of esters is 1. The maximum absolute atomic E-state index is 11.4. The van der Waals surface area contributed by atoms with E-state index in [2.05, 4.69) is 34.6 Å². The number of ether oxygens (including phenoxy) is 1. The lowest BCUT2D eigenvalue weighted by atomic mass is 9.85. The zero-order valence-corrected chi connectivity index (χ0v) is 11.6. The average Bonchev–Trinajstić information content (AvgIpc) is 2.13. The van der Waals surface area contributed by atoms with Crippen molar-refractivity contribution in [2.24, 2.45) is 5.41 Å². The first kappa shape index (κ1) is 15.5. The van der Waals surface area contributed by atoms with Gasteiger partial charge in [-0.1, -0.05) is 47.5 Å². The number of unbranched alkanes of at least 4 members (excludes halogenated alkanes) is 2. The molecule has 0 aliphatic rings. The lowest BCUT2D eigenvalue weighted by Crippen LogP contribution is -2.23. The van der Waals surface area contributed by atoms with Crippen molar-refractivity contribution in [1.29, 1.82) is 0 Å². The molecule has 2 heteroatoms. The summed E-state index contributed by atoms with van der Waals surface area (Å²) in [5.41, 5.74) is 0.0687. The number of hydrogen-bond acceptors (Lipinski definition) is 2. The van der Waals surface area contributed by atoms with Crippen molar-refractivity contribution in [2.75, 3.05) is 6.61 Å². The lowest BCUT2D eigenvalue weighted by molar-refractivity contribution is -0.146. The predicted octanol–water partition coefficient (Wildman–Crippen LogP) is 4.14. The highest BCUT2D eigenvalue weighted by Crippen LogP contribution is 2.26. The van der Waals surface area contributed by atoms with Gasteiger partial charge in [0.25, 0.3) is 0 Å². The molecule has 95 valence electrons. The van der Waals surface area contributed by atoms with Crippen molar-refractivity contribution >= 4 is 5.97 Å². The summed E-state index contributed by atoms with van der Waals surface area (Å²) in [4.78, 5) is 11.4. The summed E-state index contributed by atoms with van der Waals surface area (Å²) in [5.74, 6) is 1.34. The molecule has 0 aliphatic carbocycles. The van der Waals surface area contributed by atoms with E-state index in [1.807, 2.05) is 0 Å². The van der Waals surface area contributed by atoms with Gasteiger partial charge in [0.15, 0.2) is 0 Å². The average molecular weight is 227 g/mol. The molecule has 0 spiro atoms. The molecule has 0 aromatic rings. The van der Waals surface area contributed by atoms with Gasteiger partial charge in [-0.25, -0.2) is 0 Å². The van der Waals surface area contributed by atoms with Crippen molar-refractivity contribution in [3.05, 3.63) is 5.92 Å². The molecule has 0 aliphatic heterocycles. The first-order valence-electron chi connectivity index (χ1n) is 6.32. The molecule has 0 saturated heterocycles. The van der Waals surface area contributed by atoms with Crippen molar-refractivity contribution in [3.8, 4) is 0 Å². The molecule has 0 heterocycles. The normalized spacial score (nSPS) is 11.9. The van der Waals surface area contributed by atoms with Crippen LogP contribution in [0.5, 0.6) is 0 Å². The maximum atomic E-state index is 11.4. The maximum Gasteiger partial charge on any atom is 0.305 e. The summed E-state index contributed by atoms with van der Waals surface area (Å²) in [6.07, 6.45) is 4.78. The second kappa shape index (κ2) is 7.70. The zero-order chi connectivity index (χ0) is 12.6. The molecule has 0 unspecified atom stereocenters. The summed E-state index contributed by atoms with van der Waals surface area (Å²) in [7, 11) is 0. The minimum Gasteiger partial charge on any atom is -0.465 e. The molecule has 0 bridgehead atoms. The Bertz CT molecular complexity index is 195. The SMILES string of the molecule is CCCCCC(=O)OCC(C)(C)C[C](C)C. The van der Waals surface area contributed by atoms with Gasteiger partial charge in [0.2, 0.25) is 0 Å². The third-order valence-corrected chi connectivity index (χ3v) is 2.44. The van der Waals surface area contributed by atoms with Gasteiger partial charge in [0.1, 0.15) is 0 Å². The highest BCUT2D eigenvalue weighted by molar-refractivity contribution is 5.69. The molecule has 0 aromatic carbocycles. The summed E-state index contributed by atoms with van der Waals surface area (Å²) < 4.78 is 5.30. The van der Waals surface area contributed by atoms with Crippen LogP contribution in [0.3, 0.4) is 0 Å². The first-order valence-corrected chi connectivity index (χ1v) is 6.32. The molecule has 16 heavy (non-hydrogen) atoms. The molecule has 0 N–H and O–H groups in total. The highest BCUT2D eigenvalue weighted by atomic mass is 16.5. The van der Waals surface area contributed by atoms with E-state index in [0.29, 0.717) is 13.0 Å². The third-order valence-electron chi connectivity index (χ3n) is 2.44. The second-order valence-corrected chi connectivity index (χ2v) is 5.67. The fourth-order valence-electron chi connectivity index (χ4n) is 1.88. The van der Waals surface area contributed by atoms with E-state index in [1.54, 1.807) is 0 Å². The van der Waals surface area contributed by atoms with E-state index < -0.39 is 0 Å². The van der Waals surface area contributed by atoms with Crippen LogP contribution >= 0.6 is 0 Å². The molecule has 0 rings (SSSR count). The number of hydrogen-bond donors (Lipinski definition) is 0. The zero-order valence-electron chi connectivity index (χ0n) is 11.6. The summed E-state index contributed by atoms with van der Waals surface area (Å²) in [5, 5.41) is 0. The third kappa shape index (κ3) is 8.75. The van der Waals surface area contributed by atoms with E-state index in [9.17, 15) is 4.79 Å². The first-order chi connectivity index (χ1) is 7.37. The van der Waals surface area contributed by atoms with Crippen LogP contribution in [0.4, 0.5) is 0 Å². The Morgan fingerprint density at radius 1 is 1.19 bits per heavy atom. The number of carbonyl (C=O) groups excluding carboxylic acids is 1. The van der Waals surface area contributed by atoms with Crippen molar-refractivity contribution < 1.29 is 9.53 Å². The summed E-state index contributed by atoms with van der Waals surface area (Å²) in [6.45, 7) is 11.2. The Kier molecular flexibility index (Phi) is 7.44. The van der Waals surface area contributed by atoms with Crippen molar-refractivity contribution in [1.82, 2.24) is 0 Å². The Balaban J connectivity index is 3.72. The minimum atomic E-state index is -0.0460. The molecule has 0 saturated carbocycles. The van der Waals surface area contributed by atoms with Gasteiger partial charge in [-0.2, -0.15) is 0 Å². The molecule has 0 aromatic heterocycles. The largest absolute Gasteiger partial charge is 0.465 e. The van der Waals surface area contributed by atoms with Gasteiger partial charge in [0, 0.05) is 6.42 Å². The smallest absolute Gasteiger partial charge is 0.305 e. The van der Waals surface area contributed by atoms with Crippen LogP contribution in [0.25, 0.3) is 0 Å². The van der Waals surface area contributed by atoms with Crippen LogP contribution in [0, 0.1) is 11.3 Å². The van der Waals surface area contributed by atoms with Crippen LogP contribution in [-0.4, -0.2) is 12.6 Å². The van der Waals surface area contributed by atoms with Gasteiger partial charge in [-0.05, 0) is 24.2 Å². The van der Waals surface area contributed by atoms with E-state index in [-0.39, 0.29) is 11.4 Å². The van der Waals surface area contributed by atoms with E-state index in [0.717, 1.165) is 25.7 Å². The molecule has 0 amide bonds. The summed E-state index contributed by atoms with van der Waals surface area (Å²) >= 11 is 0. The number of rotatable bonds is 8. The quantitative estimate of drug-likeness (QED) is 0.460. The summed E-state index contributed by atoms with van der Waals surface area (Å²) in [6, 6.07) is 0. The Hall–Kier alpha value is -0.530. The fourth-order valence-corrected chi connectivity index (χ4v) is 1.88. The molecule has 0 fully saturated rings. The topological polar surface area (TPSA) is 26.3 Å². The lowest BCUT2D eigenvalue weighted by Gasteiger charge is -2.25. The van der Waals surface area contributed by atoms with Crippen molar-refractivity contribution in [2.45, 2.75) is 66.7 Å². The molecular formula is C14H27O2. The van der Waals surface area contributed by atoms with Crippen LogP contribution in [0.1, 0.15) is 66.7 Å². The number of carbonyl (C=O) groups is 1. The van der Waals surface area contributed by atoms with Crippen LogP contribution in [-0.2, 0) is 9.53 Å². The van der Waals surface area contributed by atoms with Gasteiger partial charge in [-0.15, -0.1) is 0 Å². The van der Waals surface area contributed by atoms with E-state index in [1.165, 1.54) is 5.92 Å². The Morgan fingerprint density at radius 2 is 1.81 bits per heavy atom. The van der Waals surface area contributed by atoms with Crippen LogP contribution in [0.2, 0.25) is 0 Å². The van der Waals surface area contributed by atoms with E-state index in [4.69, 9.17) is 4.74 Å². The minimum absolute atomic E-state index is 0.0460. The van der Waals surface area contributed by atoms with Gasteiger partial charge >= 0.3 is 5.97 Å². The van der Waals surface area contributed by atoms with E-state index >= 15 is 0 Å². The second-order valence-electron chi connectivity index (χ2n) is 5.67. The van der Waals surface area contributed by atoms with Gasteiger partial charge in [0.05, 0.1) is 6.61 Å². The molecule has 1 radical (unpaired) electrons. The molecule has 0 atom stereocenters. The predicted molar refractivity (Wildman–Crippen MR) is 68.1 cm³/mol. The molecule has 2 nitrogen and oxygen atoms in total. The van der Waals surface area contributed by atoms with Crippen molar-refractivity contribution in [3.63, 3.8) is 0 Å². The Morgan fingerprint density at radius 3 is 2.31 bits per heavy atom. The fraction of sp³-hybridized carbons (Fsp3) is 0.857. The monoisotopic (exact) mass is 227 g/mol. The Labute approximate surface area is 101 Å². The molecular weight excluding hydrogens is 200 g/mol. The van der Waals surface area contributed by atoms with Gasteiger partial charge in [-0.3, -0.25) is 4.79 Å². The van der Waals surface area contributed by atoms with Crippen LogP contribution in [0.15, 0.2) is 0 Å². The van der Waals surface area contributed by atoms with Crippen LogP contribution < -0.4 is 0 Å².